The molecule has 134 valence electrons. The monoisotopic (exact) mass is 369 g/mol. The molecule has 0 radical (unpaired) electrons. The number of hydrogen-bond acceptors (Lipinski definition) is 4. The first kappa shape index (κ1) is 18.0. The van der Waals surface area contributed by atoms with Crippen molar-refractivity contribution >= 4 is 32.5 Å². The van der Waals surface area contributed by atoms with Gasteiger partial charge in [-0.3, -0.25) is 9.78 Å². The number of aromatic nitrogens is 1. The summed E-state index contributed by atoms with van der Waals surface area (Å²) in [5, 5.41) is 3.81. The van der Waals surface area contributed by atoms with Crippen LogP contribution in [-0.4, -0.2) is 26.4 Å². The minimum Gasteiger partial charge on any atom is -0.325 e. The summed E-state index contributed by atoms with van der Waals surface area (Å²) in [6.07, 6.45) is 2.54. The molecule has 0 aliphatic heterocycles. The number of aryl methyl sites for hydroxylation is 1. The largest absolute Gasteiger partial charge is 0.325 e. The Morgan fingerprint density at radius 2 is 1.81 bits per heavy atom. The molecule has 0 atom stereocenters. The van der Waals surface area contributed by atoms with Crippen LogP contribution in [0.1, 0.15) is 12.0 Å². The third kappa shape index (κ3) is 4.07. The molecular formula is C19H19N3O3S. The molecule has 0 fully saturated rings. The first-order valence-corrected chi connectivity index (χ1v) is 9.64. The molecule has 3 rings (SSSR count). The number of carbonyl (C=O) groups is 1. The average Bonchev–Trinajstić information content (AvgIpc) is 2.67. The summed E-state index contributed by atoms with van der Waals surface area (Å²) in [7, 11) is -2.07. The van der Waals surface area contributed by atoms with Gasteiger partial charge in [0.1, 0.15) is 0 Å². The van der Waals surface area contributed by atoms with Crippen LogP contribution in [0, 0.1) is 0 Å². The molecule has 0 bridgehead atoms. The molecule has 1 aromatic heterocycles. The molecule has 0 aliphatic rings. The molecule has 0 unspecified atom stereocenters. The first-order valence-electron chi connectivity index (χ1n) is 8.16. The molecular weight excluding hydrogens is 350 g/mol. The second-order valence-electron chi connectivity index (χ2n) is 5.78. The second kappa shape index (κ2) is 7.63. The Balaban J connectivity index is 1.64. The smallest absolute Gasteiger partial charge is 0.240 e. The van der Waals surface area contributed by atoms with Crippen molar-refractivity contribution in [2.75, 3.05) is 12.4 Å². The summed E-state index contributed by atoms with van der Waals surface area (Å²) >= 11 is 0. The van der Waals surface area contributed by atoms with Crippen LogP contribution in [0.3, 0.4) is 0 Å². The number of hydrogen-bond donors (Lipinski definition) is 2. The lowest BCUT2D eigenvalue weighted by Crippen LogP contribution is -2.18. The van der Waals surface area contributed by atoms with E-state index >= 15 is 0 Å². The van der Waals surface area contributed by atoms with Gasteiger partial charge >= 0.3 is 0 Å². The molecule has 0 saturated carbocycles. The van der Waals surface area contributed by atoms with Gasteiger partial charge in [0.05, 0.1) is 16.1 Å². The van der Waals surface area contributed by atoms with Crippen molar-refractivity contribution in [3.05, 3.63) is 66.4 Å². The third-order valence-electron chi connectivity index (χ3n) is 4.06. The normalized spacial score (nSPS) is 11.4. The zero-order chi connectivity index (χ0) is 18.6. The fraction of sp³-hybridized carbons (Fsp3) is 0.158. The van der Waals surface area contributed by atoms with E-state index in [-0.39, 0.29) is 10.8 Å². The van der Waals surface area contributed by atoms with Gasteiger partial charge < -0.3 is 5.32 Å². The van der Waals surface area contributed by atoms with Crippen LogP contribution in [-0.2, 0) is 21.2 Å². The summed E-state index contributed by atoms with van der Waals surface area (Å²) in [4.78, 5) is 16.7. The highest BCUT2D eigenvalue weighted by molar-refractivity contribution is 7.89. The molecule has 7 heteroatoms. The van der Waals surface area contributed by atoms with Crippen LogP contribution in [0.15, 0.2) is 65.7 Å². The molecule has 0 aliphatic carbocycles. The van der Waals surface area contributed by atoms with Crippen LogP contribution in [0.2, 0.25) is 0 Å². The number of pyridine rings is 1. The predicted molar refractivity (Wildman–Crippen MR) is 101 cm³/mol. The standard InChI is InChI=1S/C19H19N3O3S/c1-20-26(24,25)15-10-7-14(8-11-15)9-12-19(23)22-18-6-2-5-17-16(18)4-3-13-21-17/h2-8,10-11,13,20H,9,12H2,1H3,(H,22,23). The van der Waals surface area contributed by atoms with E-state index in [1.54, 1.807) is 18.3 Å². The Hall–Kier alpha value is -2.77. The zero-order valence-corrected chi connectivity index (χ0v) is 15.1. The SMILES string of the molecule is CNS(=O)(=O)c1ccc(CCC(=O)Nc2cccc3ncccc23)cc1. The van der Waals surface area contributed by atoms with E-state index in [2.05, 4.69) is 15.0 Å². The summed E-state index contributed by atoms with van der Waals surface area (Å²) < 4.78 is 25.7. The van der Waals surface area contributed by atoms with Gasteiger partial charge in [-0.15, -0.1) is 0 Å². The van der Waals surface area contributed by atoms with Gasteiger partial charge in [0, 0.05) is 18.0 Å². The van der Waals surface area contributed by atoms with Crippen LogP contribution in [0.25, 0.3) is 10.9 Å². The number of nitrogens with zero attached hydrogens (tertiary/aromatic N) is 1. The molecule has 1 heterocycles. The zero-order valence-electron chi connectivity index (χ0n) is 14.3. The lowest BCUT2D eigenvalue weighted by atomic mass is 10.1. The second-order valence-corrected chi connectivity index (χ2v) is 7.66. The lowest BCUT2D eigenvalue weighted by molar-refractivity contribution is -0.116. The minimum absolute atomic E-state index is 0.103. The molecule has 0 saturated heterocycles. The van der Waals surface area contributed by atoms with E-state index in [0.717, 1.165) is 22.2 Å². The quantitative estimate of drug-likeness (QED) is 0.699. The topological polar surface area (TPSA) is 88.2 Å². The van der Waals surface area contributed by atoms with E-state index in [9.17, 15) is 13.2 Å². The number of rotatable bonds is 6. The van der Waals surface area contributed by atoms with Gasteiger partial charge in [-0.25, -0.2) is 13.1 Å². The van der Waals surface area contributed by atoms with Gasteiger partial charge in [0.15, 0.2) is 0 Å². The highest BCUT2D eigenvalue weighted by atomic mass is 32.2. The third-order valence-corrected chi connectivity index (χ3v) is 5.49. The van der Waals surface area contributed by atoms with E-state index in [1.165, 1.54) is 19.2 Å². The van der Waals surface area contributed by atoms with Crippen molar-refractivity contribution in [3.8, 4) is 0 Å². The van der Waals surface area contributed by atoms with Crippen molar-refractivity contribution in [1.82, 2.24) is 9.71 Å². The summed E-state index contributed by atoms with van der Waals surface area (Å²) in [5.41, 5.74) is 2.46. The molecule has 1 amide bonds. The van der Waals surface area contributed by atoms with Gasteiger partial charge in [-0.1, -0.05) is 18.2 Å². The number of amides is 1. The number of fused-ring (bicyclic) bond motifs is 1. The van der Waals surface area contributed by atoms with Crippen molar-refractivity contribution in [1.29, 1.82) is 0 Å². The van der Waals surface area contributed by atoms with Crippen molar-refractivity contribution in [2.24, 2.45) is 0 Å². The highest BCUT2D eigenvalue weighted by Crippen LogP contribution is 2.21. The van der Waals surface area contributed by atoms with Crippen molar-refractivity contribution < 1.29 is 13.2 Å². The van der Waals surface area contributed by atoms with Gasteiger partial charge in [0.25, 0.3) is 0 Å². The molecule has 6 nitrogen and oxygen atoms in total. The Kier molecular flexibility index (Phi) is 5.29. The molecule has 2 aromatic carbocycles. The molecule has 3 aromatic rings. The maximum absolute atomic E-state index is 12.3. The highest BCUT2D eigenvalue weighted by Gasteiger charge is 2.11. The van der Waals surface area contributed by atoms with Crippen molar-refractivity contribution in [3.63, 3.8) is 0 Å². The molecule has 0 spiro atoms. The van der Waals surface area contributed by atoms with Gasteiger partial charge in [-0.2, -0.15) is 0 Å². The maximum atomic E-state index is 12.3. The first-order chi connectivity index (χ1) is 12.5. The number of sulfonamides is 1. The van der Waals surface area contributed by atoms with Crippen LogP contribution in [0.5, 0.6) is 0 Å². The lowest BCUT2D eigenvalue weighted by Gasteiger charge is -2.09. The summed E-state index contributed by atoms with van der Waals surface area (Å²) in [5.74, 6) is -0.103. The Labute approximate surface area is 152 Å². The van der Waals surface area contributed by atoms with Crippen LogP contribution in [0.4, 0.5) is 5.69 Å². The maximum Gasteiger partial charge on any atom is 0.240 e. The number of anilines is 1. The van der Waals surface area contributed by atoms with E-state index < -0.39 is 10.0 Å². The number of benzene rings is 2. The fourth-order valence-corrected chi connectivity index (χ4v) is 3.37. The number of nitrogens with one attached hydrogen (secondary N) is 2. The Morgan fingerprint density at radius 3 is 2.54 bits per heavy atom. The fourth-order valence-electron chi connectivity index (χ4n) is 2.64. The van der Waals surface area contributed by atoms with E-state index in [0.29, 0.717) is 12.8 Å². The predicted octanol–water partition coefficient (Wildman–Crippen LogP) is 2.71. The molecule has 26 heavy (non-hydrogen) atoms. The summed E-state index contributed by atoms with van der Waals surface area (Å²) in [6, 6.07) is 15.9. The van der Waals surface area contributed by atoms with Gasteiger partial charge in [-0.05, 0) is 55.4 Å². The van der Waals surface area contributed by atoms with Gasteiger partial charge in [0.2, 0.25) is 15.9 Å². The van der Waals surface area contributed by atoms with E-state index in [4.69, 9.17) is 0 Å². The van der Waals surface area contributed by atoms with Crippen LogP contribution >= 0.6 is 0 Å². The average molecular weight is 369 g/mol. The Bertz CT molecular complexity index is 1030. The van der Waals surface area contributed by atoms with Crippen LogP contribution < -0.4 is 10.0 Å². The number of carbonyl (C=O) groups excluding carboxylic acids is 1. The summed E-state index contributed by atoms with van der Waals surface area (Å²) in [6.45, 7) is 0. The molecule has 2 N–H and O–H groups in total. The van der Waals surface area contributed by atoms with Crippen molar-refractivity contribution in [2.45, 2.75) is 17.7 Å². The Morgan fingerprint density at radius 1 is 1.04 bits per heavy atom. The minimum atomic E-state index is -3.44. The van der Waals surface area contributed by atoms with E-state index in [1.807, 2.05) is 30.3 Å².